The van der Waals surface area contributed by atoms with Gasteiger partial charge in [-0.05, 0) is 51.2 Å². The standard InChI is InChI=1S/C17H21BrN2O4S/c1-17(2,3)12-4-6-13(7-5-12)25(22,23)20-11-10-19-16(21)14-8-9-15(18)24-14/h4-9,20H,10-11H2,1-3H3,(H,19,21). The zero-order valence-electron chi connectivity index (χ0n) is 14.3. The molecule has 0 radical (unpaired) electrons. The number of nitrogens with one attached hydrogen (secondary N) is 2. The van der Waals surface area contributed by atoms with Gasteiger partial charge < -0.3 is 9.73 Å². The van der Waals surface area contributed by atoms with Crippen molar-refractivity contribution < 1.29 is 17.6 Å². The minimum absolute atomic E-state index is 0.0408. The highest BCUT2D eigenvalue weighted by Crippen LogP contribution is 2.23. The van der Waals surface area contributed by atoms with Gasteiger partial charge in [0.1, 0.15) is 0 Å². The second-order valence-electron chi connectivity index (χ2n) is 6.53. The molecule has 0 spiro atoms. The largest absolute Gasteiger partial charge is 0.444 e. The number of furan rings is 1. The molecule has 0 saturated heterocycles. The number of sulfonamides is 1. The highest BCUT2D eigenvalue weighted by atomic mass is 79.9. The molecule has 25 heavy (non-hydrogen) atoms. The fourth-order valence-electron chi connectivity index (χ4n) is 2.10. The molecule has 2 N–H and O–H groups in total. The lowest BCUT2D eigenvalue weighted by Crippen LogP contribution is -2.34. The van der Waals surface area contributed by atoms with Crippen molar-refractivity contribution in [3.63, 3.8) is 0 Å². The van der Waals surface area contributed by atoms with Crippen LogP contribution in [0.3, 0.4) is 0 Å². The van der Waals surface area contributed by atoms with Crippen LogP contribution in [-0.4, -0.2) is 27.4 Å². The van der Waals surface area contributed by atoms with Gasteiger partial charge in [-0.25, -0.2) is 13.1 Å². The molecule has 2 rings (SSSR count). The first-order valence-electron chi connectivity index (χ1n) is 7.73. The summed E-state index contributed by atoms with van der Waals surface area (Å²) in [4.78, 5) is 12.0. The van der Waals surface area contributed by atoms with Gasteiger partial charge >= 0.3 is 0 Å². The second kappa shape index (κ2) is 7.72. The van der Waals surface area contributed by atoms with Crippen LogP contribution in [0.15, 0.2) is 50.4 Å². The van der Waals surface area contributed by atoms with Gasteiger partial charge in [0.2, 0.25) is 10.0 Å². The van der Waals surface area contributed by atoms with Gasteiger partial charge in [-0.15, -0.1) is 0 Å². The van der Waals surface area contributed by atoms with Crippen LogP contribution >= 0.6 is 15.9 Å². The Morgan fingerprint density at radius 1 is 1.08 bits per heavy atom. The van der Waals surface area contributed by atoms with Gasteiger partial charge in [0, 0.05) is 13.1 Å². The van der Waals surface area contributed by atoms with Crippen molar-refractivity contribution in [2.75, 3.05) is 13.1 Å². The third-order valence-corrected chi connectivity index (χ3v) is 5.43. The van der Waals surface area contributed by atoms with E-state index in [9.17, 15) is 13.2 Å². The Morgan fingerprint density at radius 2 is 1.72 bits per heavy atom. The van der Waals surface area contributed by atoms with E-state index in [1.807, 2.05) is 12.1 Å². The monoisotopic (exact) mass is 428 g/mol. The SMILES string of the molecule is CC(C)(C)c1ccc(S(=O)(=O)NCCNC(=O)c2ccc(Br)o2)cc1. The minimum Gasteiger partial charge on any atom is -0.444 e. The molecular weight excluding hydrogens is 408 g/mol. The van der Waals surface area contributed by atoms with Gasteiger partial charge in [-0.3, -0.25) is 4.79 Å². The molecule has 1 heterocycles. The molecule has 0 aliphatic rings. The van der Waals surface area contributed by atoms with Crippen molar-refractivity contribution in [2.45, 2.75) is 31.1 Å². The van der Waals surface area contributed by atoms with Crippen LogP contribution in [0.25, 0.3) is 0 Å². The topological polar surface area (TPSA) is 88.4 Å². The number of benzene rings is 1. The average molecular weight is 429 g/mol. The summed E-state index contributed by atoms with van der Waals surface area (Å²) in [6.45, 7) is 6.42. The smallest absolute Gasteiger partial charge is 0.287 e. The van der Waals surface area contributed by atoms with E-state index >= 15 is 0 Å². The number of hydrogen-bond acceptors (Lipinski definition) is 4. The van der Waals surface area contributed by atoms with E-state index in [0.29, 0.717) is 4.67 Å². The Hall–Kier alpha value is -1.64. The number of carbonyl (C=O) groups is 1. The molecule has 0 atom stereocenters. The van der Waals surface area contributed by atoms with Gasteiger partial charge in [0.15, 0.2) is 10.4 Å². The first-order valence-corrected chi connectivity index (χ1v) is 10.0. The van der Waals surface area contributed by atoms with E-state index in [0.717, 1.165) is 5.56 Å². The molecule has 6 nitrogen and oxygen atoms in total. The molecule has 2 aromatic rings. The number of rotatable bonds is 6. The van der Waals surface area contributed by atoms with Gasteiger partial charge in [-0.1, -0.05) is 32.9 Å². The molecule has 1 aromatic carbocycles. The molecule has 8 heteroatoms. The number of halogens is 1. The maximum atomic E-state index is 12.3. The normalized spacial score (nSPS) is 12.2. The van der Waals surface area contributed by atoms with Gasteiger partial charge in [-0.2, -0.15) is 0 Å². The summed E-state index contributed by atoms with van der Waals surface area (Å²) in [5, 5.41) is 2.58. The molecule has 136 valence electrons. The Kier molecular flexibility index (Phi) is 6.08. The highest BCUT2D eigenvalue weighted by Gasteiger charge is 2.17. The highest BCUT2D eigenvalue weighted by molar-refractivity contribution is 9.10. The molecule has 0 unspecified atom stereocenters. The van der Waals surface area contributed by atoms with Gasteiger partial charge in [0.25, 0.3) is 5.91 Å². The third kappa shape index (κ3) is 5.42. The summed E-state index contributed by atoms with van der Waals surface area (Å²) in [5.41, 5.74) is 1.02. The van der Waals surface area contributed by atoms with Crippen LogP contribution < -0.4 is 10.0 Å². The predicted molar refractivity (Wildman–Crippen MR) is 99.1 cm³/mol. The Labute approximate surface area is 156 Å². The lowest BCUT2D eigenvalue weighted by Gasteiger charge is -2.19. The average Bonchev–Trinajstić information content (AvgIpc) is 2.97. The van der Waals surface area contributed by atoms with Crippen LogP contribution in [0.5, 0.6) is 0 Å². The third-order valence-electron chi connectivity index (χ3n) is 3.53. The van der Waals surface area contributed by atoms with Crippen LogP contribution in [0.2, 0.25) is 0 Å². The Bertz CT molecular complexity index is 836. The number of carbonyl (C=O) groups excluding carboxylic acids is 1. The minimum atomic E-state index is -3.61. The molecular formula is C17H21BrN2O4S. The summed E-state index contributed by atoms with van der Waals surface area (Å²) < 4.78 is 32.6. The second-order valence-corrected chi connectivity index (χ2v) is 9.08. The van der Waals surface area contributed by atoms with Crippen molar-refractivity contribution in [1.29, 1.82) is 0 Å². The maximum absolute atomic E-state index is 12.3. The van der Waals surface area contributed by atoms with Crippen molar-refractivity contribution >= 4 is 31.9 Å². The molecule has 0 aliphatic heterocycles. The maximum Gasteiger partial charge on any atom is 0.287 e. The van der Waals surface area contributed by atoms with Crippen molar-refractivity contribution in [3.8, 4) is 0 Å². The first-order chi connectivity index (χ1) is 11.6. The fourth-order valence-corrected chi connectivity index (χ4v) is 3.44. The summed E-state index contributed by atoms with van der Waals surface area (Å²) in [7, 11) is -3.61. The fraction of sp³-hybridized carbons (Fsp3) is 0.353. The predicted octanol–water partition coefficient (Wildman–Crippen LogP) is 3.05. The molecule has 0 aliphatic carbocycles. The van der Waals surface area contributed by atoms with Crippen LogP contribution in [0.4, 0.5) is 0 Å². The molecule has 0 fully saturated rings. The Morgan fingerprint density at radius 3 is 2.24 bits per heavy atom. The lowest BCUT2D eigenvalue weighted by molar-refractivity contribution is 0.0925. The van der Waals surface area contributed by atoms with Crippen molar-refractivity contribution in [2.24, 2.45) is 0 Å². The van der Waals surface area contributed by atoms with Crippen LogP contribution in [0.1, 0.15) is 36.9 Å². The number of amides is 1. The zero-order valence-corrected chi connectivity index (χ0v) is 16.7. The summed E-state index contributed by atoms with van der Waals surface area (Å²) >= 11 is 3.11. The van der Waals surface area contributed by atoms with E-state index in [2.05, 4.69) is 46.7 Å². The van der Waals surface area contributed by atoms with E-state index in [1.54, 1.807) is 18.2 Å². The first kappa shape index (κ1) is 19.7. The summed E-state index contributed by atoms with van der Waals surface area (Å²) in [6.07, 6.45) is 0. The number of hydrogen-bond donors (Lipinski definition) is 2. The quantitative estimate of drug-likeness (QED) is 0.691. The molecule has 1 amide bonds. The zero-order chi connectivity index (χ0) is 18.7. The molecule has 1 aromatic heterocycles. The van der Waals surface area contributed by atoms with E-state index in [4.69, 9.17) is 4.42 Å². The van der Waals surface area contributed by atoms with Crippen LogP contribution in [-0.2, 0) is 15.4 Å². The van der Waals surface area contributed by atoms with E-state index < -0.39 is 15.9 Å². The summed E-state index contributed by atoms with van der Waals surface area (Å²) in [6, 6.07) is 9.93. The Balaban J connectivity index is 1.88. The summed E-state index contributed by atoms with van der Waals surface area (Å²) in [5.74, 6) is -0.244. The van der Waals surface area contributed by atoms with Crippen molar-refractivity contribution in [1.82, 2.24) is 10.0 Å². The van der Waals surface area contributed by atoms with Gasteiger partial charge in [0.05, 0.1) is 4.90 Å². The molecule has 0 saturated carbocycles. The lowest BCUT2D eigenvalue weighted by atomic mass is 9.87. The van der Waals surface area contributed by atoms with E-state index in [-0.39, 0.29) is 29.2 Å². The van der Waals surface area contributed by atoms with E-state index in [1.165, 1.54) is 6.07 Å². The van der Waals surface area contributed by atoms with Crippen LogP contribution in [0, 0.1) is 0 Å². The van der Waals surface area contributed by atoms with Crippen molar-refractivity contribution in [3.05, 3.63) is 52.4 Å². The molecule has 0 bridgehead atoms.